The number of ether oxygens (including phenoxy) is 2. The smallest absolute Gasteiger partial charge is 0.373 e. The second-order valence-corrected chi connectivity index (χ2v) is 9.65. The second-order valence-electron chi connectivity index (χ2n) is 9.65. The molecule has 0 saturated heterocycles. The fourth-order valence-corrected chi connectivity index (χ4v) is 4.31. The number of aliphatic imine (C=N–C) groups is 1. The summed E-state index contributed by atoms with van der Waals surface area (Å²) >= 11 is 0. The van der Waals surface area contributed by atoms with Gasteiger partial charge in [0.15, 0.2) is 5.96 Å². The lowest BCUT2D eigenvalue weighted by Crippen LogP contribution is -2.59. The number of rotatable bonds is 19. The van der Waals surface area contributed by atoms with Gasteiger partial charge < -0.3 is 41.6 Å². The Hall–Kier alpha value is -2.37. The number of nitrogens with one attached hydrogen (secondary N) is 1. The van der Waals surface area contributed by atoms with Gasteiger partial charge in [-0.15, -0.1) is 0 Å². The van der Waals surface area contributed by atoms with Gasteiger partial charge in [-0.05, 0) is 12.5 Å². The molecule has 37 heavy (non-hydrogen) atoms. The van der Waals surface area contributed by atoms with Gasteiger partial charge in [-0.3, -0.25) is 4.79 Å². The van der Waals surface area contributed by atoms with Crippen LogP contribution in [0, 0.1) is 0 Å². The van der Waals surface area contributed by atoms with Crippen LogP contribution in [0.5, 0.6) is 0 Å². The number of aliphatic hydroxyl groups is 3. The van der Waals surface area contributed by atoms with Crippen molar-refractivity contribution in [3.63, 3.8) is 0 Å². The molecular formula is C26H48N4O7. The van der Waals surface area contributed by atoms with Crippen molar-refractivity contribution in [2.45, 2.75) is 121 Å². The molecule has 11 heteroatoms. The Morgan fingerprint density at radius 2 is 1.57 bits per heavy atom. The number of carbonyl (C=O) groups is 2. The molecule has 1 aliphatic rings. The van der Waals surface area contributed by atoms with Crippen molar-refractivity contribution >= 4 is 17.8 Å². The average Bonchev–Trinajstić information content (AvgIpc) is 2.86. The molecule has 1 aliphatic heterocycles. The van der Waals surface area contributed by atoms with E-state index < -0.39 is 48.9 Å². The Bertz CT molecular complexity index is 728. The van der Waals surface area contributed by atoms with Crippen molar-refractivity contribution in [2.75, 3.05) is 13.2 Å². The van der Waals surface area contributed by atoms with Gasteiger partial charge in [0.2, 0.25) is 11.7 Å². The highest BCUT2D eigenvalue weighted by Gasteiger charge is 2.44. The zero-order valence-corrected chi connectivity index (χ0v) is 22.4. The molecule has 1 heterocycles. The van der Waals surface area contributed by atoms with Crippen LogP contribution >= 0.6 is 0 Å². The molecule has 11 nitrogen and oxygen atoms in total. The number of nitrogens with two attached hydrogens (primary N) is 2. The Morgan fingerprint density at radius 3 is 2.05 bits per heavy atom. The zero-order valence-electron chi connectivity index (χ0n) is 22.4. The molecule has 0 aliphatic carbocycles. The molecule has 0 radical (unpaired) electrons. The van der Waals surface area contributed by atoms with E-state index in [0.29, 0.717) is 6.42 Å². The number of esters is 1. The van der Waals surface area contributed by atoms with Crippen LogP contribution < -0.4 is 16.8 Å². The van der Waals surface area contributed by atoms with Crippen LogP contribution in [0.1, 0.15) is 90.9 Å². The van der Waals surface area contributed by atoms with Gasteiger partial charge in [0.25, 0.3) is 0 Å². The number of nitrogens with zero attached hydrogens (tertiary/aromatic N) is 1. The Morgan fingerprint density at radius 1 is 1.03 bits per heavy atom. The summed E-state index contributed by atoms with van der Waals surface area (Å²) in [5, 5.41) is 32.3. The summed E-state index contributed by atoms with van der Waals surface area (Å²) in [5.74, 6) is -1.79. The lowest BCUT2D eigenvalue weighted by molar-refractivity contribution is -0.151. The molecule has 214 valence electrons. The van der Waals surface area contributed by atoms with Gasteiger partial charge in [-0.2, -0.15) is 0 Å². The molecule has 2 unspecified atom stereocenters. The molecule has 0 saturated carbocycles. The molecule has 0 aromatic carbocycles. The molecule has 5 atom stereocenters. The van der Waals surface area contributed by atoms with E-state index in [0.717, 1.165) is 19.3 Å². The van der Waals surface area contributed by atoms with Crippen molar-refractivity contribution in [1.29, 1.82) is 0 Å². The number of hydrogen-bond acceptors (Lipinski definition) is 8. The maximum Gasteiger partial charge on any atom is 0.373 e. The van der Waals surface area contributed by atoms with Crippen LogP contribution in [-0.2, 0) is 19.1 Å². The lowest BCUT2D eigenvalue weighted by atomic mass is 9.92. The zero-order chi connectivity index (χ0) is 27.6. The third-order valence-electron chi connectivity index (χ3n) is 6.33. The van der Waals surface area contributed by atoms with E-state index in [2.05, 4.69) is 17.2 Å². The lowest BCUT2D eigenvalue weighted by Gasteiger charge is -2.38. The molecule has 0 spiro atoms. The normalized spacial score (nSPS) is 20.8. The van der Waals surface area contributed by atoms with Crippen LogP contribution in [0.2, 0.25) is 0 Å². The van der Waals surface area contributed by atoms with Gasteiger partial charge in [0.1, 0.15) is 18.3 Å². The summed E-state index contributed by atoms with van der Waals surface area (Å²) in [5.41, 5.74) is 11.0. The Balaban J connectivity index is 2.56. The quantitative estimate of drug-likeness (QED) is 0.0622. The molecule has 0 bridgehead atoms. The van der Waals surface area contributed by atoms with Crippen LogP contribution in [0.15, 0.2) is 16.8 Å². The number of carbonyl (C=O) groups excluding carboxylic acids is 2. The molecule has 1 rings (SSSR count). The predicted octanol–water partition coefficient (Wildman–Crippen LogP) is 1.37. The van der Waals surface area contributed by atoms with E-state index in [1.807, 2.05) is 0 Å². The number of amides is 1. The number of guanidine groups is 1. The fraction of sp³-hybridized carbons (Fsp3) is 0.808. The average molecular weight is 529 g/mol. The molecule has 1 amide bonds. The monoisotopic (exact) mass is 528 g/mol. The SMILES string of the molecule is CCCCCCCCCCCCCCOC(=O)C1=C[C@H](N=C(N)N)[C@@H](NC(C)=O)[C@H](C(O)C(O)CO)O1. The van der Waals surface area contributed by atoms with Crippen LogP contribution in [-0.4, -0.2) is 76.8 Å². The Kier molecular flexibility index (Phi) is 16.6. The fourth-order valence-electron chi connectivity index (χ4n) is 4.31. The molecule has 0 aromatic rings. The van der Waals surface area contributed by atoms with Crippen LogP contribution in [0.25, 0.3) is 0 Å². The minimum absolute atomic E-state index is 0.200. The van der Waals surface area contributed by atoms with Gasteiger partial charge >= 0.3 is 5.97 Å². The topological polar surface area (TPSA) is 190 Å². The van der Waals surface area contributed by atoms with Crippen molar-refractivity contribution < 1.29 is 34.4 Å². The summed E-state index contributed by atoms with van der Waals surface area (Å²) in [7, 11) is 0. The second kappa shape index (κ2) is 18.8. The van der Waals surface area contributed by atoms with Crippen molar-refractivity contribution in [3.05, 3.63) is 11.8 Å². The summed E-state index contributed by atoms with van der Waals surface area (Å²) in [4.78, 5) is 28.4. The van der Waals surface area contributed by atoms with E-state index in [4.69, 9.17) is 20.9 Å². The van der Waals surface area contributed by atoms with E-state index >= 15 is 0 Å². The summed E-state index contributed by atoms with van der Waals surface area (Å²) in [6, 6.07) is -1.98. The van der Waals surface area contributed by atoms with Gasteiger partial charge in [0, 0.05) is 6.92 Å². The first-order chi connectivity index (χ1) is 17.7. The standard InChI is InChI=1S/C26H48N4O7/c1-3-4-5-6-7-8-9-10-11-12-13-14-15-36-25(35)21-16-19(30-26(27)28)22(29-18(2)32)24(37-21)23(34)20(33)17-31/h16,19-20,22-24,31,33-34H,3-15,17H2,1-2H3,(H,29,32)(H4,27,28,30)/t19-,20?,22+,23?,24+/m0/s1. The number of unbranched alkanes of at least 4 members (excludes halogenated alkanes) is 11. The minimum atomic E-state index is -1.65. The predicted molar refractivity (Wildman–Crippen MR) is 141 cm³/mol. The highest BCUT2D eigenvalue weighted by atomic mass is 16.6. The first-order valence-corrected chi connectivity index (χ1v) is 13.6. The van der Waals surface area contributed by atoms with Gasteiger partial charge in [0.05, 0.1) is 25.3 Å². The summed E-state index contributed by atoms with van der Waals surface area (Å²) in [6.07, 6.45) is 11.0. The third-order valence-corrected chi connectivity index (χ3v) is 6.33. The molecular weight excluding hydrogens is 480 g/mol. The summed E-state index contributed by atoms with van der Waals surface area (Å²) < 4.78 is 11.0. The van der Waals surface area contributed by atoms with E-state index in [1.165, 1.54) is 64.4 Å². The van der Waals surface area contributed by atoms with E-state index in [1.54, 1.807) is 0 Å². The van der Waals surface area contributed by atoms with Crippen LogP contribution in [0.3, 0.4) is 0 Å². The van der Waals surface area contributed by atoms with Gasteiger partial charge in [-0.25, -0.2) is 9.79 Å². The third kappa shape index (κ3) is 13.1. The number of hydrogen-bond donors (Lipinski definition) is 6. The summed E-state index contributed by atoms with van der Waals surface area (Å²) in [6.45, 7) is 2.92. The highest BCUT2D eigenvalue weighted by Crippen LogP contribution is 2.25. The largest absolute Gasteiger partial charge is 0.478 e. The van der Waals surface area contributed by atoms with Gasteiger partial charge in [-0.1, -0.05) is 77.6 Å². The highest BCUT2D eigenvalue weighted by molar-refractivity contribution is 5.87. The first-order valence-electron chi connectivity index (χ1n) is 13.6. The first kappa shape index (κ1) is 32.7. The van der Waals surface area contributed by atoms with Crippen molar-refractivity contribution in [1.82, 2.24) is 5.32 Å². The molecule has 0 aromatic heterocycles. The molecule has 0 fully saturated rings. The van der Waals surface area contributed by atoms with Crippen LogP contribution in [0.4, 0.5) is 0 Å². The van der Waals surface area contributed by atoms with E-state index in [9.17, 15) is 24.9 Å². The maximum absolute atomic E-state index is 12.7. The maximum atomic E-state index is 12.7. The Labute approximate surface area is 220 Å². The molecule has 8 N–H and O–H groups in total. The van der Waals surface area contributed by atoms with Crippen molar-refractivity contribution in [3.8, 4) is 0 Å². The van der Waals surface area contributed by atoms with E-state index in [-0.39, 0.29) is 18.3 Å². The number of aliphatic hydroxyl groups excluding tert-OH is 3. The minimum Gasteiger partial charge on any atom is -0.478 e. The van der Waals surface area contributed by atoms with Crippen molar-refractivity contribution in [2.24, 2.45) is 16.5 Å².